The number of likely N-dealkylation sites (N-methyl/N-ethyl adjacent to an activating group) is 2. The molecule has 2 atom stereocenters. The third kappa shape index (κ3) is 8.40. The van der Waals surface area contributed by atoms with E-state index in [4.69, 9.17) is 10.7 Å². The van der Waals surface area contributed by atoms with Gasteiger partial charge in [-0.3, -0.25) is 14.6 Å². The van der Waals surface area contributed by atoms with Crippen LogP contribution in [0, 0.1) is 5.92 Å². The molecular formula is C25H43IN6O. The van der Waals surface area contributed by atoms with Gasteiger partial charge in [0.05, 0.1) is 12.5 Å². The number of halogens is 1. The molecule has 0 saturated carbocycles. The molecule has 1 amide bonds. The Hall–Kier alpha value is -1.39. The highest BCUT2D eigenvalue weighted by Gasteiger charge is 2.25. The minimum atomic E-state index is -0.169. The van der Waals surface area contributed by atoms with Crippen LogP contribution in [0.15, 0.2) is 29.3 Å². The van der Waals surface area contributed by atoms with Crippen molar-refractivity contribution >= 4 is 35.8 Å². The first kappa shape index (κ1) is 27.9. The summed E-state index contributed by atoms with van der Waals surface area (Å²) in [5, 5.41) is 3.46. The van der Waals surface area contributed by atoms with Gasteiger partial charge < -0.3 is 16.0 Å². The van der Waals surface area contributed by atoms with E-state index in [-0.39, 0.29) is 35.8 Å². The number of aliphatic imine (C=N–C) groups is 1. The van der Waals surface area contributed by atoms with Crippen LogP contribution >= 0.6 is 24.0 Å². The Morgan fingerprint density at radius 1 is 1.21 bits per heavy atom. The fourth-order valence-electron chi connectivity index (χ4n) is 5.07. The number of benzene rings is 1. The van der Waals surface area contributed by atoms with Gasteiger partial charge in [0, 0.05) is 39.3 Å². The van der Waals surface area contributed by atoms with Crippen molar-refractivity contribution in [2.45, 2.75) is 58.7 Å². The third-order valence-corrected chi connectivity index (χ3v) is 6.80. The highest BCUT2D eigenvalue weighted by molar-refractivity contribution is 14.0. The van der Waals surface area contributed by atoms with Crippen LogP contribution in [0.5, 0.6) is 0 Å². The molecule has 1 aromatic rings. The predicted octanol–water partition coefficient (Wildman–Crippen LogP) is 2.88. The van der Waals surface area contributed by atoms with Crippen molar-refractivity contribution in [2.24, 2.45) is 16.6 Å². The molecule has 2 saturated heterocycles. The predicted molar refractivity (Wildman–Crippen MR) is 147 cm³/mol. The van der Waals surface area contributed by atoms with E-state index in [1.54, 1.807) is 0 Å². The summed E-state index contributed by atoms with van der Waals surface area (Å²) in [7, 11) is 2.15. The number of rotatable bonds is 9. The Morgan fingerprint density at radius 2 is 1.97 bits per heavy atom. The molecule has 0 bridgehead atoms. The van der Waals surface area contributed by atoms with E-state index in [0.29, 0.717) is 12.6 Å². The summed E-state index contributed by atoms with van der Waals surface area (Å²) in [5.74, 6) is 0.789. The molecule has 2 fully saturated rings. The highest BCUT2D eigenvalue weighted by Crippen LogP contribution is 2.19. The molecule has 3 rings (SSSR count). The Balaban J connectivity index is 0.00000385. The van der Waals surface area contributed by atoms with Gasteiger partial charge in [0.2, 0.25) is 5.91 Å². The van der Waals surface area contributed by atoms with Crippen molar-refractivity contribution in [3.05, 3.63) is 35.4 Å². The molecule has 186 valence electrons. The van der Waals surface area contributed by atoms with Crippen molar-refractivity contribution in [3.8, 4) is 0 Å². The van der Waals surface area contributed by atoms with Gasteiger partial charge in [-0.1, -0.05) is 31.2 Å². The van der Waals surface area contributed by atoms with Gasteiger partial charge in [0.1, 0.15) is 0 Å². The number of nitrogens with one attached hydrogen (secondary N) is 1. The smallest absolute Gasteiger partial charge is 0.221 e. The van der Waals surface area contributed by atoms with Gasteiger partial charge in [0.15, 0.2) is 5.96 Å². The molecule has 7 nitrogen and oxygen atoms in total. The first-order valence-corrected chi connectivity index (χ1v) is 12.3. The Morgan fingerprint density at radius 3 is 2.70 bits per heavy atom. The number of hydrogen-bond donors (Lipinski definition) is 2. The number of hydrogen-bond acceptors (Lipinski definition) is 4. The van der Waals surface area contributed by atoms with Crippen LogP contribution in [0.3, 0.4) is 0 Å². The zero-order valence-electron chi connectivity index (χ0n) is 20.6. The SMILES string of the molecule is CCNC(=NCc1cccc(CN2CCCC(C(N)=O)C2)c1)N(C)CC1CCCN1CC.I. The fourth-order valence-corrected chi connectivity index (χ4v) is 5.07. The first-order valence-electron chi connectivity index (χ1n) is 12.3. The molecule has 3 N–H and O–H groups in total. The second-order valence-corrected chi connectivity index (χ2v) is 9.27. The maximum absolute atomic E-state index is 11.6. The highest BCUT2D eigenvalue weighted by atomic mass is 127. The number of carbonyl (C=O) groups excluding carboxylic acids is 1. The fraction of sp³-hybridized carbons (Fsp3) is 0.680. The van der Waals surface area contributed by atoms with Crippen molar-refractivity contribution in [1.29, 1.82) is 0 Å². The number of likely N-dealkylation sites (tertiary alicyclic amines) is 2. The molecule has 0 spiro atoms. The number of amides is 1. The van der Waals surface area contributed by atoms with Crippen LogP contribution < -0.4 is 11.1 Å². The molecule has 2 unspecified atom stereocenters. The number of guanidine groups is 1. The molecule has 0 aliphatic carbocycles. The van der Waals surface area contributed by atoms with E-state index < -0.39 is 0 Å². The summed E-state index contributed by atoms with van der Waals surface area (Å²) in [5.41, 5.74) is 8.02. The summed E-state index contributed by atoms with van der Waals surface area (Å²) in [6.07, 6.45) is 4.52. The molecule has 0 radical (unpaired) electrons. The molecule has 2 aliphatic heterocycles. The Labute approximate surface area is 217 Å². The number of carbonyl (C=O) groups is 1. The van der Waals surface area contributed by atoms with Crippen molar-refractivity contribution in [1.82, 2.24) is 20.0 Å². The van der Waals surface area contributed by atoms with Gasteiger partial charge in [-0.2, -0.15) is 0 Å². The van der Waals surface area contributed by atoms with Gasteiger partial charge in [-0.15, -0.1) is 24.0 Å². The van der Waals surface area contributed by atoms with E-state index >= 15 is 0 Å². The molecule has 2 aliphatic rings. The number of primary amides is 1. The van der Waals surface area contributed by atoms with Gasteiger partial charge in [-0.05, 0) is 63.4 Å². The van der Waals surface area contributed by atoms with Crippen LogP contribution in [-0.2, 0) is 17.9 Å². The topological polar surface area (TPSA) is 77.2 Å². The minimum absolute atomic E-state index is 0. The average molecular weight is 571 g/mol. The second-order valence-electron chi connectivity index (χ2n) is 9.27. The quantitative estimate of drug-likeness (QED) is 0.271. The van der Waals surface area contributed by atoms with Crippen LogP contribution in [0.4, 0.5) is 0 Å². The van der Waals surface area contributed by atoms with Crippen molar-refractivity contribution in [3.63, 3.8) is 0 Å². The second kappa shape index (κ2) is 14.1. The monoisotopic (exact) mass is 570 g/mol. The minimum Gasteiger partial charge on any atom is -0.369 e. The lowest BCUT2D eigenvalue weighted by Crippen LogP contribution is -2.45. The molecule has 33 heavy (non-hydrogen) atoms. The normalized spacial score (nSPS) is 22.1. The van der Waals surface area contributed by atoms with Crippen LogP contribution in [-0.4, -0.2) is 78.9 Å². The maximum atomic E-state index is 11.6. The molecular weight excluding hydrogens is 527 g/mol. The lowest BCUT2D eigenvalue weighted by Gasteiger charge is -2.31. The Bertz CT molecular complexity index is 773. The average Bonchev–Trinajstić information content (AvgIpc) is 3.24. The number of piperidine rings is 1. The van der Waals surface area contributed by atoms with Gasteiger partial charge in [-0.25, -0.2) is 4.99 Å². The lowest BCUT2D eigenvalue weighted by molar-refractivity contribution is -0.123. The van der Waals surface area contributed by atoms with Gasteiger partial charge >= 0.3 is 0 Å². The van der Waals surface area contributed by atoms with Crippen LogP contribution in [0.25, 0.3) is 0 Å². The summed E-state index contributed by atoms with van der Waals surface area (Å²) >= 11 is 0. The molecule has 2 heterocycles. The van der Waals surface area contributed by atoms with E-state index in [1.807, 2.05) is 0 Å². The summed E-state index contributed by atoms with van der Waals surface area (Å²) < 4.78 is 0. The number of nitrogens with zero attached hydrogens (tertiary/aromatic N) is 4. The number of nitrogens with two attached hydrogens (primary N) is 1. The third-order valence-electron chi connectivity index (χ3n) is 6.80. The standard InChI is InChI=1S/C25H42N6O.HI/c1-4-27-25(29(3)19-23-12-8-14-31(23)5-2)28-16-20-9-6-10-21(15-20)17-30-13-7-11-22(18-30)24(26)32;/h6,9-10,15,22-23H,4-5,7-8,11-14,16-19H2,1-3H3,(H2,26,32)(H,27,28);1H. The maximum Gasteiger partial charge on any atom is 0.221 e. The summed E-state index contributed by atoms with van der Waals surface area (Å²) in [4.78, 5) is 23.7. The first-order chi connectivity index (χ1) is 15.5. The Kier molecular flexibility index (Phi) is 11.9. The van der Waals surface area contributed by atoms with Crippen LogP contribution in [0.2, 0.25) is 0 Å². The van der Waals surface area contributed by atoms with Crippen molar-refractivity contribution in [2.75, 3.05) is 46.3 Å². The molecule has 1 aromatic carbocycles. The van der Waals surface area contributed by atoms with E-state index in [2.05, 4.69) is 65.2 Å². The summed E-state index contributed by atoms with van der Waals surface area (Å²) in [6, 6.07) is 9.29. The van der Waals surface area contributed by atoms with Crippen LogP contribution in [0.1, 0.15) is 50.7 Å². The van der Waals surface area contributed by atoms with E-state index in [9.17, 15) is 4.79 Å². The zero-order chi connectivity index (χ0) is 22.9. The van der Waals surface area contributed by atoms with Gasteiger partial charge in [0.25, 0.3) is 0 Å². The largest absolute Gasteiger partial charge is 0.369 e. The lowest BCUT2D eigenvalue weighted by atomic mass is 9.97. The molecule has 8 heteroatoms. The zero-order valence-corrected chi connectivity index (χ0v) is 23.0. The van der Waals surface area contributed by atoms with Crippen molar-refractivity contribution < 1.29 is 4.79 Å². The molecule has 0 aromatic heterocycles. The van der Waals surface area contributed by atoms with E-state index in [0.717, 1.165) is 58.1 Å². The summed E-state index contributed by atoms with van der Waals surface area (Å²) in [6.45, 7) is 11.9. The van der Waals surface area contributed by atoms with E-state index in [1.165, 1.54) is 30.5 Å².